The Morgan fingerprint density at radius 3 is 2.81 bits per heavy atom. The molecule has 90 valence electrons. The number of carbonyl (C=O) groups excluding carboxylic acids is 1. The van der Waals surface area contributed by atoms with Crippen LogP contribution in [0.3, 0.4) is 0 Å². The molecule has 6 nitrogen and oxygen atoms in total. The number of rotatable bonds is 3. The summed E-state index contributed by atoms with van der Waals surface area (Å²) in [7, 11) is 1.73. The summed E-state index contributed by atoms with van der Waals surface area (Å²) >= 11 is 0. The number of aliphatic carboxylic acids is 1. The summed E-state index contributed by atoms with van der Waals surface area (Å²) in [6, 6.07) is -0.662. The van der Waals surface area contributed by atoms with E-state index in [4.69, 9.17) is 9.84 Å². The fourth-order valence-electron chi connectivity index (χ4n) is 1.53. The maximum absolute atomic E-state index is 11.5. The highest BCUT2D eigenvalue weighted by Crippen LogP contribution is 2.09. The maximum atomic E-state index is 11.5. The van der Waals surface area contributed by atoms with Gasteiger partial charge in [-0.15, -0.1) is 0 Å². The van der Waals surface area contributed by atoms with E-state index in [0.717, 1.165) is 0 Å². The Labute approximate surface area is 94.1 Å². The van der Waals surface area contributed by atoms with Crippen molar-refractivity contribution in [2.24, 2.45) is 0 Å². The highest BCUT2D eigenvalue weighted by molar-refractivity contribution is 5.76. The summed E-state index contributed by atoms with van der Waals surface area (Å²) in [4.78, 5) is 25.5. The van der Waals surface area contributed by atoms with Gasteiger partial charge in [0.2, 0.25) is 0 Å². The van der Waals surface area contributed by atoms with E-state index in [1.807, 2.05) is 0 Å². The Hall–Kier alpha value is -1.56. The van der Waals surface area contributed by atoms with E-state index in [2.05, 4.69) is 6.58 Å². The summed E-state index contributed by atoms with van der Waals surface area (Å²) in [5, 5.41) is 8.95. The highest BCUT2D eigenvalue weighted by Gasteiger charge is 2.32. The smallest absolute Gasteiger partial charge is 0.410 e. The Bertz CT molecular complexity index is 293. The van der Waals surface area contributed by atoms with Gasteiger partial charge in [0.05, 0.1) is 6.54 Å². The number of likely N-dealkylation sites (N-methyl/N-ethyl adjacent to an activating group) is 1. The van der Waals surface area contributed by atoms with Crippen LogP contribution in [0.2, 0.25) is 0 Å². The molecule has 0 aromatic heterocycles. The quantitative estimate of drug-likeness (QED) is 0.689. The number of nitrogens with zero attached hydrogens (tertiary/aromatic N) is 2. The maximum Gasteiger partial charge on any atom is 0.410 e. The SMILES string of the molecule is C=CCOC(=O)N1CCN(C)[C@H](C(=O)O)C1. The van der Waals surface area contributed by atoms with Gasteiger partial charge in [-0.25, -0.2) is 4.79 Å². The first-order valence-electron chi connectivity index (χ1n) is 5.02. The zero-order valence-corrected chi connectivity index (χ0v) is 9.26. The molecule has 1 rings (SSSR count). The van der Waals surface area contributed by atoms with Crippen LogP contribution in [0.25, 0.3) is 0 Å². The molecule has 1 fully saturated rings. The lowest BCUT2D eigenvalue weighted by Crippen LogP contribution is -2.56. The largest absolute Gasteiger partial charge is 0.480 e. The van der Waals surface area contributed by atoms with Gasteiger partial charge in [-0.3, -0.25) is 9.69 Å². The van der Waals surface area contributed by atoms with E-state index < -0.39 is 18.1 Å². The first-order valence-corrected chi connectivity index (χ1v) is 5.02. The molecule has 1 atom stereocenters. The third-order valence-electron chi connectivity index (χ3n) is 2.52. The van der Waals surface area contributed by atoms with Crippen LogP contribution in [0.4, 0.5) is 4.79 Å². The highest BCUT2D eigenvalue weighted by atomic mass is 16.6. The molecule has 1 amide bonds. The third-order valence-corrected chi connectivity index (χ3v) is 2.52. The molecule has 0 spiro atoms. The van der Waals surface area contributed by atoms with E-state index in [-0.39, 0.29) is 13.2 Å². The second-order valence-electron chi connectivity index (χ2n) is 3.65. The number of hydrogen-bond acceptors (Lipinski definition) is 4. The molecule has 1 aliphatic heterocycles. The number of hydrogen-bond donors (Lipinski definition) is 1. The number of piperazine rings is 1. The first kappa shape index (κ1) is 12.5. The Balaban J connectivity index is 2.54. The van der Waals surface area contributed by atoms with E-state index in [1.54, 1.807) is 11.9 Å². The number of carbonyl (C=O) groups is 2. The van der Waals surface area contributed by atoms with Crippen LogP contribution in [0.1, 0.15) is 0 Å². The van der Waals surface area contributed by atoms with Gasteiger partial charge in [-0.2, -0.15) is 0 Å². The molecule has 0 bridgehead atoms. The molecular formula is C10H16N2O4. The fourth-order valence-corrected chi connectivity index (χ4v) is 1.53. The van der Waals surface area contributed by atoms with Gasteiger partial charge < -0.3 is 14.7 Å². The predicted octanol–water partition coefficient (Wildman–Crippen LogP) is 0.00960. The molecule has 6 heteroatoms. The third kappa shape index (κ3) is 2.96. The summed E-state index contributed by atoms with van der Waals surface area (Å²) in [6.45, 7) is 4.74. The molecule has 0 unspecified atom stereocenters. The average molecular weight is 228 g/mol. The van der Waals surface area contributed by atoms with Gasteiger partial charge in [0.25, 0.3) is 0 Å². The van der Waals surface area contributed by atoms with Crippen LogP contribution in [-0.4, -0.2) is 66.3 Å². The topological polar surface area (TPSA) is 70.1 Å². The van der Waals surface area contributed by atoms with Gasteiger partial charge >= 0.3 is 12.1 Å². The molecule has 1 aliphatic rings. The molecule has 0 saturated carbocycles. The van der Waals surface area contributed by atoms with Crippen molar-refractivity contribution in [2.75, 3.05) is 33.3 Å². The van der Waals surface area contributed by atoms with Crippen molar-refractivity contribution in [1.29, 1.82) is 0 Å². The Morgan fingerprint density at radius 2 is 2.25 bits per heavy atom. The van der Waals surface area contributed by atoms with Gasteiger partial charge in [-0.1, -0.05) is 12.7 Å². The summed E-state index contributed by atoms with van der Waals surface area (Å²) < 4.78 is 4.85. The van der Waals surface area contributed by atoms with E-state index in [9.17, 15) is 9.59 Å². The van der Waals surface area contributed by atoms with Gasteiger partial charge in [0, 0.05) is 13.1 Å². The number of ether oxygens (including phenoxy) is 1. The van der Waals surface area contributed by atoms with Gasteiger partial charge in [0.15, 0.2) is 0 Å². The molecule has 16 heavy (non-hydrogen) atoms. The fraction of sp³-hybridized carbons (Fsp3) is 0.600. The molecule has 1 heterocycles. The number of carboxylic acids is 1. The van der Waals surface area contributed by atoms with Crippen molar-refractivity contribution in [1.82, 2.24) is 9.80 Å². The average Bonchev–Trinajstić information content (AvgIpc) is 2.26. The second kappa shape index (κ2) is 5.50. The number of carboxylic acid groups (broad SMARTS) is 1. The molecule has 0 aromatic carbocycles. The standard InChI is InChI=1S/C10H16N2O4/c1-3-6-16-10(15)12-5-4-11(2)8(7-12)9(13)14/h3,8H,1,4-7H2,2H3,(H,13,14)/t8-/m0/s1. The van der Waals surface area contributed by atoms with Crippen molar-refractivity contribution in [3.63, 3.8) is 0 Å². The van der Waals surface area contributed by atoms with E-state index in [1.165, 1.54) is 11.0 Å². The molecule has 0 radical (unpaired) electrons. The zero-order chi connectivity index (χ0) is 12.1. The van der Waals surface area contributed by atoms with Crippen molar-refractivity contribution >= 4 is 12.1 Å². The van der Waals surface area contributed by atoms with Crippen LogP contribution >= 0.6 is 0 Å². The van der Waals surface area contributed by atoms with Crippen molar-refractivity contribution in [3.05, 3.63) is 12.7 Å². The minimum absolute atomic E-state index is 0.142. The van der Waals surface area contributed by atoms with Crippen LogP contribution in [-0.2, 0) is 9.53 Å². The van der Waals surface area contributed by atoms with Gasteiger partial charge in [0.1, 0.15) is 12.6 Å². The lowest BCUT2D eigenvalue weighted by Gasteiger charge is -2.36. The van der Waals surface area contributed by atoms with Crippen LogP contribution in [0.5, 0.6) is 0 Å². The minimum Gasteiger partial charge on any atom is -0.480 e. The number of amides is 1. The molecule has 0 aliphatic carbocycles. The lowest BCUT2D eigenvalue weighted by molar-refractivity contribution is -0.144. The Kier molecular flexibility index (Phi) is 4.30. The van der Waals surface area contributed by atoms with Crippen molar-refractivity contribution in [3.8, 4) is 0 Å². The van der Waals surface area contributed by atoms with Gasteiger partial charge in [-0.05, 0) is 7.05 Å². The van der Waals surface area contributed by atoms with Crippen LogP contribution in [0.15, 0.2) is 12.7 Å². The monoisotopic (exact) mass is 228 g/mol. The summed E-state index contributed by atoms with van der Waals surface area (Å²) in [5.41, 5.74) is 0. The summed E-state index contributed by atoms with van der Waals surface area (Å²) in [5.74, 6) is -0.927. The van der Waals surface area contributed by atoms with E-state index >= 15 is 0 Å². The predicted molar refractivity (Wildman–Crippen MR) is 57.2 cm³/mol. The molecular weight excluding hydrogens is 212 g/mol. The molecule has 0 aromatic rings. The van der Waals surface area contributed by atoms with Crippen molar-refractivity contribution in [2.45, 2.75) is 6.04 Å². The molecule has 1 saturated heterocycles. The van der Waals surface area contributed by atoms with Crippen LogP contribution in [0, 0.1) is 0 Å². The lowest BCUT2D eigenvalue weighted by atomic mass is 10.2. The van der Waals surface area contributed by atoms with E-state index in [0.29, 0.717) is 13.1 Å². The normalized spacial score (nSPS) is 21.6. The van der Waals surface area contributed by atoms with Crippen LogP contribution < -0.4 is 0 Å². The Morgan fingerprint density at radius 1 is 1.56 bits per heavy atom. The second-order valence-corrected chi connectivity index (χ2v) is 3.65. The first-order chi connectivity index (χ1) is 7.56. The van der Waals surface area contributed by atoms with Crippen molar-refractivity contribution < 1.29 is 19.4 Å². The zero-order valence-electron chi connectivity index (χ0n) is 9.26. The molecule has 1 N–H and O–H groups in total. The minimum atomic E-state index is -0.927. The summed E-state index contributed by atoms with van der Waals surface area (Å²) in [6.07, 6.45) is 0.988.